The maximum Gasteiger partial charge on any atom is 0.322 e. The third-order valence-electron chi connectivity index (χ3n) is 18.9. The first-order valence-corrected chi connectivity index (χ1v) is 39.8. The van der Waals surface area contributed by atoms with E-state index in [-0.39, 0.29) is 105 Å². The molecule has 35 nitrogen and oxygen atoms in total. The summed E-state index contributed by atoms with van der Waals surface area (Å²) in [5.74, 6) is -12.2. The van der Waals surface area contributed by atoms with E-state index in [1.807, 2.05) is 27.7 Å². The number of nitrogens with one attached hydrogen (secondary N) is 11. The number of thioether (sulfide) groups is 1. The summed E-state index contributed by atoms with van der Waals surface area (Å²) in [6.07, 6.45) is -9.59. The Bertz CT molecular complexity index is 3020. The monoisotopic (exact) mass is 1570 g/mol. The van der Waals surface area contributed by atoms with Gasteiger partial charge in [0.15, 0.2) is 17.5 Å². The van der Waals surface area contributed by atoms with Crippen molar-refractivity contribution in [1.82, 2.24) is 58.1 Å². The third kappa shape index (κ3) is 38.5. The van der Waals surface area contributed by atoms with Crippen molar-refractivity contribution in [2.24, 2.45) is 39.7 Å². The van der Waals surface area contributed by atoms with Crippen molar-refractivity contribution in [2.45, 2.75) is 210 Å². The van der Waals surface area contributed by atoms with Crippen molar-refractivity contribution >= 4 is 110 Å². The molecule has 13 atom stereocenters. The predicted octanol–water partition coefficient (Wildman–Crippen LogP) is -0.745. The highest BCUT2D eigenvalue weighted by Crippen LogP contribution is 2.33. The zero-order chi connectivity index (χ0) is 79.8. The number of rotatable bonds is 45. The first-order valence-electron chi connectivity index (χ1n) is 36.1. The lowest BCUT2D eigenvalue weighted by Gasteiger charge is -2.32. The van der Waals surface area contributed by atoms with E-state index in [4.69, 9.17) is 11.1 Å². The number of unbranched alkanes of at least 4 members (excludes halogenated alkanes) is 1. The topological polar surface area (TPSA) is 571 Å². The van der Waals surface area contributed by atoms with Gasteiger partial charge in [0.2, 0.25) is 23.6 Å². The first kappa shape index (κ1) is 94.5. The number of aliphatic hydroxyl groups excluding tert-OH is 5. The molecule has 1 unspecified atom stereocenters. The largest absolute Gasteiger partial charge is 0.481 e. The summed E-state index contributed by atoms with van der Waals surface area (Å²) in [5, 5.41) is 148. The Labute approximate surface area is 637 Å². The normalized spacial score (nSPS) is 22.8. The Hall–Kier alpha value is -6.66. The average molecular weight is 1570 g/mol. The van der Waals surface area contributed by atoms with Crippen LogP contribution in [0.4, 0.5) is 0 Å². The van der Waals surface area contributed by atoms with Gasteiger partial charge in [-0.05, 0) is 92.1 Å². The maximum absolute atomic E-state index is 14.2. The lowest BCUT2D eigenvalue weighted by Crippen LogP contribution is -2.52. The molecule has 1 aromatic rings. The Morgan fingerprint density at radius 2 is 1.25 bits per heavy atom. The second-order valence-electron chi connectivity index (χ2n) is 28.2. The van der Waals surface area contributed by atoms with Gasteiger partial charge in [-0.2, -0.15) is 11.8 Å². The molecule has 0 radical (unpaired) electrons. The Balaban J connectivity index is 1.64. The van der Waals surface area contributed by atoms with Crippen molar-refractivity contribution in [2.75, 3.05) is 81.9 Å². The minimum Gasteiger partial charge on any atom is -0.481 e. The fourth-order valence-corrected chi connectivity index (χ4v) is 15.7. The molecule has 4 amide bonds. The number of Topliss-reactive ketones (excluding diaryl/α,β-unsaturated/α-hetero) is 3. The Morgan fingerprint density at radius 1 is 0.664 bits per heavy atom. The molecule has 1 aromatic carbocycles. The van der Waals surface area contributed by atoms with E-state index in [1.165, 1.54) is 21.6 Å². The molecule has 2 fully saturated rings. The standard InChI is InChI=1S/C69H117N15O20S3/c1-41(82-103)68(3,4)76-24-27-84(28-25-77-69(5,6)42(2)83-104)26-23-73-58(91)20-19-57(90)72-21-11-10-15-44-30-48(85)40-105-37-45(31-56(89)52(35-61(95)96)81-64(44)100)65(101)79-49(16-12-22-74-67(70)71)53(86)17-18-59(92)78-51(34-60(93)94)55(88)33-47-39-107-106-38-46(63(99)75-36-62(97)98)32-54(87)50(80-66(47)102)29-43-13-8-7-9-14-43/h7-9,13-14,44-52,54,64-66,76-77,79-81,85,87,100-104H,10-12,15-40H2,1-6H3,(H,72,90)(H,73,91)(H,75,99)(H,78,92)(H,93,94)(H,95,96)(H,97,98)(H4,70,71,74)/b82-41-,83-42-/t44-,45-,46-,47-,48-,49-,50-,51-,52-,54+,64+,65+,66?/m0/s1. The van der Waals surface area contributed by atoms with Crippen LogP contribution >= 0.6 is 33.3 Å². The molecule has 2 saturated heterocycles. The average Bonchev–Trinajstić information content (AvgIpc) is 1.76. The van der Waals surface area contributed by atoms with Crippen molar-refractivity contribution in [3.8, 4) is 0 Å². The minimum absolute atomic E-state index is 0.00136. The molecule has 0 spiro atoms. The Morgan fingerprint density at radius 3 is 1.85 bits per heavy atom. The molecule has 38 heteroatoms. The van der Waals surface area contributed by atoms with E-state index < -0.39 is 182 Å². The van der Waals surface area contributed by atoms with Crippen LogP contribution in [0, 0.1) is 29.1 Å². The van der Waals surface area contributed by atoms with E-state index >= 15 is 0 Å². The molecule has 0 aliphatic carbocycles. The number of carboxylic acids is 3. The molecule has 107 heavy (non-hydrogen) atoms. The first-order chi connectivity index (χ1) is 50.5. The lowest BCUT2D eigenvalue weighted by molar-refractivity contribution is -0.141. The fourth-order valence-electron chi connectivity index (χ4n) is 11.8. The molecular formula is C69H117N15O20S3. The van der Waals surface area contributed by atoms with Gasteiger partial charge in [0.25, 0.3) is 0 Å². The number of hydrogen-bond acceptors (Lipinski definition) is 29. The number of carbonyl (C=O) groups is 10. The number of aliphatic carboxylic acids is 3. The number of aliphatic hydroxyl groups is 5. The molecule has 2 heterocycles. The number of carbonyl (C=O) groups excluding carboxylic acids is 7. The lowest BCUT2D eigenvalue weighted by atomic mass is 9.91. The number of guanidine groups is 1. The maximum atomic E-state index is 14.2. The Kier molecular flexibility index (Phi) is 44.4. The van der Waals surface area contributed by atoms with Gasteiger partial charge in [-0.1, -0.05) is 68.7 Å². The number of hydrogen-bond donors (Lipinski definition) is 22. The van der Waals surface area contributed by atoms with Crippen molar-refractivity contribution in [3.05, 3.63) is 35.9 Å². The quantitative estimate of drug-likeness (QED) is 0.00727. The van der Waals surface area contributed by atoms with E-state index in [1.54, 1.807) is 44.2 Å². The van der Waals surface area contributed by atoms with E-state index in [0.717, 1.165) is 17.3 Å². The van der Waals surface area contributed by atoms with Crippen LogP contribution in [0.25, 0.3) is 0 Å². The number of oxime groups is 2. The number of benzene rings is 1. The summed E-state index contributed by atoms with van der Waals surface area (Å²) in [7, 11) is 2.35. The van der Waals surface area contributed by atoms with Crippen LogP contribution in [0.1, 0.15) is 143 Å². The van der Waals surface area contributed by atoms with Crippen LogP contribution in [0.5, 0.6) is 0 Å². The van der Waals surface area contributed by atoms with Crippen LogP contribution in [0.15, 0.2) is 40.6 Å². The molecule has 0 bridgehead atoms. The van der Waals surface area contributed by atoms with Gasteiger partial charge in [-0.15, -0.1) is 0 Å². The number of nitrogens with zero attached hydrogens (tertiary/aromatic N) is 3. The zero-order valence-electron chi connectivity index (χ0n) is 62.1. The number of amides is 4. The summed E-state index contributed by atoms with van der Waals surface area (Å²) in [4.78, 5) is 133. The summed E-state index contributed by atoms with van der Waals surface area (Å²) in [6.45, 7) is 13.7. The number of ketones is 3. The van der Waals surface area contributed by atoms with Gasteiger partial charge in [0.1, 0.15) is 31.0 Å². The second-order valence-corrected chi connectivity index (χ2v) is 31.9. The van der Waals surface area contributed by atoms with Gasteiger partial charge in [-0.25, -0.2) is 0 Å². The third-order valence-corrected chi connectivity index (χ3v) is 22.8. The number of carboxylic acid groups (broad SMARTS) is 3. The van der Waals surface area contributed by atoms with Crippen LogP contribution in [-0.4, -0.2) is 280 Å². The van der Waals surface area contributed by atoms with E-state index in [2.05, 4.69) is 68.4 Å². The molecule has 23 N–H and O–H groups in total. The molecule has 3 rings (SSSR count). The van der Waals surface area contributed by atoms with Crippen LogP contribution in [0.3, 0.4) is 0 Å². The highest BCUT2D eigenvalue weighted by atomic mass is 33.1. The smallest absolute Gasteiger partial charge is 0.322 e. The molecular weight excluding hydrogens is 1460 g/mol. The molecule has 0 saturated carbocycles. The molecule has 606 valence electrons. The van der Waals surface area contributed by atoms with Crippen LogP contribution in [0.2, 0.25) is 0 Å². The summed E-state index contributed by atoms with van der Waals surface area (Å²) >= 11 is 1.16. The van der Waals surface area contributed by atoms with Crippen LogP contribution in [-0.2, 0) is 54.4 Å². The summed E-state index contributed by atoms with van der Waals surface area (Å²) in [5.41, 5.74) is 6.11. The van der Waals surface area contributed by atoms with E-state index in [0.29, 0.717) is 63.5 Å². The highest BCUT2D eigenvalue weighted by Gasteiger charge is 2.38. The minimum atomic E-state index is -1.65. The summed E-state index contributed by atoms with van der Waals surface area (Å²) < 4.78 is 0. The van der Waals surface area contributed by atoms with Gasteiger partial charge >= 0.3 is 17.9 Å². The second kappa shape index (κ2) is 50.2. The van der Waals surface area contributed by atoms with Gasteiger partial charge in [0.05, 0.1) is 71.6 Å². The van der Waals surface area contributed by atoms with Crippen LogP contribution < -0.4 is 58.9 Å². The molecule has 2 aliphatic heterocycles. The highest BCUT2D eigenvalue weighted by molar-refractivity contribution is 8.76. The zero-order valence-corrected chi connectivity index (χ0v) is 64.5. The van der Waals surface area contributed by atoms with Gasteiger partial charge in [0, 0.05) is 138 Å². The molecule has 0 aromatic heterocycles. The fraction of sp³-hybridized carbons (Fsp3) is 0.725. The van der Waals surface area contributed by atoms with Crippen molar-refractivity contribution in [1.29, 1.82) is 5.41 Å². The van der Waals surface area contributed by atoms with Gasteiger partial charge < -0.3 is 94.2 Å². The van der Waals surface area contributed by atoms with E-state index in [9.17, 15) is 99.2 Å². The SMILES string of the molecule is C/C(=N/O)C(C)(C)NCCN(CCNC(=O)CCC(=O)NCCCC[C@H]1C[C@H](O)CSC[C@@H]([C@@H](O)N[C@@H](CCCNC(=N)N)C(=O)CCC(=O)N[C@@H](CC(=O)O)C(=O)C[C@H]2CSSC[C@@H](C(=O)NCC(=O)O)C[C@@H](O)[C@H](Cc3ccccc3)NC2O)CC(=O)[C@H](CC(=O)O)N[C@@H]1O)CCNC(C)(C)/C(C)=N\O. The predicted molar refractivity (Wildman–Crippen MR) is 406 cm³/mol. The summed E-state index contributed by atoms with van der Waals surface area (Å²) in [6, 6.07) is 3.61. The van der Waals surface area contributed by atoms with Crippen molar-refractivity contribution in [3.63, 3.8) is 0 Å². The molecule has 2 aliphatic rings. The van der Waals surface area contributed by atoms with Crippen molar-refractivity contribution < 1.29 is 99.2 Å². The van der Waals surface area contributed by atoms with Gasteiger partial charge in [-0.3, -0.25) is 74.2 Å². The number of nitrogens with two attached hydrogens (primary N) is 1.